The van der Waals surface area contributed by atoms with E-state index in [1.165, 1.54) is 15.6 Å². The van der Waals surface area contributed by atoms with Gasteiger partial charge in [0, 0.05) is 24.4 Å². The van der Waals surface area contributed by atoms with Crippen LogP contribution in [-0.2, 0) is 14.8 Å². The summed E-state index contributed by atoms with van der Waals surface area (Å²) in [6.45, 7) is 0.544. The van der Waals surface area contributed by atoms with Crippen LogP contribution in [0.15, 0.2) is 54.8 Å². The third-order valence-corrected chi connectivity index (χ3v) is 8.78. The van der Waals surface area contributed by atoms with Gasteiger partial charge in [0.2, 0.25) is 5.91 Å². The maximum absolute atomic E-state index is 12.7. The van der Waals surface area contributed by atoms with Gasteiger partial charge in [0.05, 0.1) is 7.11 Å². The van der Waals surface area contributed by atoms with Gasteiger partial charge in [-0.2, -0.15) is 4.31 Å². The van der Waals surface area contributed by atoms with Crippen LogP contribution in [-0.4, -0.2) is 49.0 Å². The highest BCUT2D eigenvalue weighted by molar-refractivity contribution is 7.91. The Morgan fingerprint density at radius 3 is 2.73 bits per heavy atom. The lowest BCUT2D eigenvalue weighted by Gasteiger charge is -2.29. The summed E-state index contributed by atoms with van der Waals surface area (Å²) < 4.78 is 43.7. The molecule has 0 aliphatic carbocycles. The molecule has 1 saturated heterocycles. The normalized spacial score (nSPS) is 15.7. The Morgan fingerprint density at radius 2 is 2.00 bits per heavy atom. The number of fused-ring (bicyclic) bond motifs is 1. The van der Waals surface area contributed by atoms with Crippen LogP contribution in [0.3, 0.4) is 0 Å². The fourth-order valence-corrected chi connectivity index (χ4v) is 6.39. The molecule has 0 spiro atoms. The summed E-state index contributed by atoms with van der Waals surface area (Å²) >= 11 is 1.18. The summed E-state index contributed by atoms with van der Waals surface area (Å²) in [5.74, 6) is 0.421. The van der Waals surface area contributed by atoms with Crippen molar-refractivity contribution in [1.82, 2.24) is 14.5 Å². The summed E-state index contributed by atoms with van der Waals surface area (Å²) in [5, 5.41) is 13.0. The Balaban J connectivity index is 1.23. The SMILES string of the molecule is COc1cccc2cc(-c3nnc(NC(=O)C4CCN(S(=O)(=O)c5cccs5)CC4)o3)oc12. The van der Waals surface area contributed by atoms with Gasteiger partial charge in [-0.3, -0.25) is 10.1 Å². The largest absolute Gasteiger partial charge is 0.493 e. The number of nitrogens with one attached hydrogen (secondary N) is 1. The molecule has 33 heavy (non-hydrogen) atoms. The molecule has 0 atom stereocenters. The molecule has 12 heteroatoms. The van der Waals surface area contributed by atoms with E-state index >= 15 is 0 Å². The van der Waals surface area contributed by atoms with Crippen LogP contribution >= 0.6 is 11.3 Å². The van der Waals surface area contributed by atoms with Gasteiger partial charge in [-0.1, -0.05) is 23.3 Å². The second kappa shape index (κ2) is 8.61. The number of para-hydroxylation sites is 1. The predicted molar refractivity (Wildman–Crippen MR) is 120 cm³/mol. The van der Waals surface area contributed by atoms with E-state index in [4.69, 9.17) is 13.6 Å². The molecule has 1 N–H and O–H groups in total. The number of rotatable bonds is 6. The average molecular weight is 489 g/mol. The van der Waals surface area contributed by atoms with Crippen molar-refractivity contribution >= 4 is 44.3 Å². The predicted octanol–water partition coefficient (Wildman–Crippen LogP) is 3.59. The second-order valence-corrected chi connectivity index (χ2v) is 10.6. The molecule has 172 valence electrons. The highest BCUT2D eigenvalue weighted by Gasteiger charge is 2.33. The van der Waals surface area contributed by atoms with Crippen molar-refractivity contribution < 1.29 is 26.8 Å². The first-order chi connectivity index (χ1) is 16.0. The molecule has 1 aliphatic rings. The van der Waals surface area contributed by atoms with E-state index < -0.39 is 10.0 Å². The van der Waals surface area contributed by atoms with E-state index in [9.17, 15) is 13.2 Å². The van der Waals surface area contributed by atoms with E-state index in [1.54, 1.807) is 36.8 Å². The Morgan fingerprint density at radius 1 is 1.18 bits per heavy atom. The lowest BCUT2D eigenvalue weighted by atomic mass is 9.97. The molecule has 10 nitrogen and oxygen atoms in total. The molecule has 0 radical (unpaired) electrons. The minimum Gasteiger partial charge on any atom is -0.493 e. The van der Waals surface area contributed by atoms with Gasteiger partial charge >= 0.3 is 6.01 Å². The zero-order valence-electron chi connectivity index (χ0n) is 17.6. The smallest absolute Gasteiger partial charge is 0.322 e. The van der Waals surface area contributed by atoms with Gasteiger partial charge in [0.15, 0.2) is 17.1 Å². The molecular weight excluding hydrogens is 468 g/mol. The summed E-state index contributed by atoms with van der Waals surface area (Å²) in [6, 6.07) is 10.5. The topological polar surface area (TPSA) is 128 Å². The van der Waals surface area contributed by atoms with Crippen molar-refractivity contribution in [2.45, 2.75) is 17.1 Å². The minimum absolute atomic E-state index is 0.0453. The average Bonchev–Trinajstić information content (AvgIpc) is 3.59. The van der Waals surface area contributed by atoms with Crippen LogP contribution < -0.4 is 10.1 Å². The van der Waals surface area contributed by atoms with E-state index in [-0.39, 0.29) is 36.8 Å². The lowest BCUT2D eigenvalue weighted by molar-refractivity contribution is -0.121. The summed E-state index contributed by atoms with van der Waals surface area (Å²) in [5.41, 5.74) is 0.558. The molecule has 1 aromatic carbocycles. The standard InChI is InChI=1S/C21H20N4O6S2/c1-29-15-5-2-4-14-12-16(30-18(14)15)20-23-24-21(31-20)22-19(26)13-7-9-25(10-8-13)33(27,28)17-6-3-11-32-17/h2-6,11-13H,7-10H2,1H3,(H,22,24,26). The summed E-state index contributed by atoms with van der Waals surface area (Å²) in [7, 11) is -1.96. The molecule has 4 aromatic rings. The number of ether oxygens (including phenoxy) is 1. The number of methoxy groups -OCH3 is 1. The number of aromatic nitrogens is 2. The van der Waals surface area contributed by atoms with Gasteiger partial charge in [0.25, 0.3) is 15.9 Å². The molecule has 5 rings (SSSR count). The first-order valence-corrected chi connectivity index (χ1v) is 12.5. The maximum atomic E-state index is 12.7. The van der Waals surface area contributed by atoms with E-state index in [1.807, 2.05) is 12.1 Å². The number of sulfonamides is 1. The number of hydrogen-bond donors (Lipinski definition) is 1. The number of thiophene rings is 1. The molecule has 0 bridgehead atoms. The number of furan rings is 1. The molecule has 3 aromatic heterocycles. The number of carbonyl (C=O) groups is 1. The number of carbonyl (C=O) groups excluding carboxylic acids is 1. The lowest BCUT2D eigenvalue weighted by Crippen LogP contribution is -2.41. The molecule has 1 amide bonds. The number of anilines is 1. The fraction of sp³-hybridized carbons (Fsp3) is 0.286. The third-order valence-electron chi connectivity index (χ3n) is 5.51. The molecule has 0 unspecified atom stereocenters. The van der Waals surface area contributed by atoms with Gasteiger partial charge in [0.1, 0.15) is 4.21 Å². The van der Waals surface area contributed by atoms with Crippen molar-refractivity contribution in [2.75, 3.05) is 25.5 Å². The van der Waals surface area contributed by atoms with Crippen molar-refractivity contribution in [3.8, 4) is 17.4 Å². The summed E-state index contributed by atoms with van der Waals surface area (Å²) in [4.78, 5) is 12.7. The first-order valence-electron chi connectivity index (χ1n) is 10.2. The number of hydrogen-bond acceptors (Lipinski definition) is 9. The monoisotopic (exact) mass is 488 g/mol. The van der Waals surface area contributed by atoms with Gasteiger partial charge < -0.3 is 13.6 Å². The third kappa shape index (κ3) is 4.12. The molecule has 4 heterocycles. The van der Waals surface area contributed by atoms with Crippen molar-refractivity contribution in [1.29, 1.82) is 0 Å². The first kappa shape index (κ1) is 21.6. The van der Waals surface area contributed by atoms with Crippen LogP contribution in [0.4, 0.5) is 6.01 Å². The Bertz CT molecular complexity index is 1390. The van der Waals surface area contributed by atoms with Gasteiger partial charge in [-0.05, 0) is 36.4 Å². The van der Waals surface area contributed by atoms with Crippen molar-refractivity contribution in [3.63, 3.8) is 0 Å². The zero-order valence-corrected chi connectivity index (χ0v) is 19.2. The Kier molecular flexibility index (Phi) is 5.64. The molecule has 1 fully saturated rings. The molecular formula is C21H20N4O6S2. The van der Waals surface area contributed by atoms with Crippen LogP contribution in [0.1, 0.15) is 12.8 Å². The number of amides is 1. The van der Waals surface area contributed by atoms with Crippen LogP contribution in [0.5, 0.6) is 5.75 Å². The minimum atomic E-state index is -3.51. The Labute approximate surface area is 193 Å². The van der Waals surface area contributed by atoms with Crippen LogP contribution in [0.25, 0.3) is 22.6 Å². The highest BCUT2D eigenvalue weighted by Crippen LogP contribution is 2.33. The van der Waals surface area contributed by atoms with E-state index in [0.717, 1.165) is 5.39 Å². The van der Waals surface area contributed by atoms with Gasteiger partial charge in [-0.25, -0.2) is 8.42 Å². The number of benzene rings is 1. The highest BCUT2D eigenvalue weighted by atomic mass is 32.2. The second-order valence-electron chi connectivity index (χ2n) is 7.50. The fourth-order valence-electron chi connectivity index (χ4n) is 3.78. The number of piperidine rings is 1. The van der Waals surface area contributed by atoms with Crippen molar-refractivity contribution in [3.05, 3.63) is 41.8 Å². The number of nitrogens with zero attached hydrogens (tertiary/aromatic N) is 3. The van der Waals surface area contributed by atoms with Gasteiger partial charge in [-0.15, -0.1) is 16.4 Å². The quantitative estimate of drug-likeness (QED) is 0.436. The summed E-state index contributed by atoms with van der Waals surface area (Å²) in [6.07, 6.45) is 0.807. The molecule has 0 saturated carbocycles. The van der Waals surface area contributed by atoms with E-state index in [2.05, 4.69) is 15.5 Å². The van der Waals surface area contributed by atoms with E-state index in [0.29, 0.717) is 34.1 Å². The maximum Gasteiger partial charge on any atom is 0.322 e. The van der Waals surface area contributed by atoms with Crippen LogP contribution in [0, 0.1) is 5.92 Å². The molecule has 1 aliphatic heterocycles. The van der Waals surface area contributed by atoms with Crippen LogP contribution in [0.2, 0.25) is 0 Å². The van der Waals surface area contributed by atoms with Crippen molar-refractivity contribution in [2.24, 2.45) is 5.92 Å². The Hall–Kier alpha value is -3.22. The zero-order chi connectivity index (χ0) is 23.0.